The molecule has 0 aliphatic heterocycles. The van der Waals surface area contributed by atoms with Gasteiger partial charge in [-0.25, -0.2) is 0 Å². The van der Waals surface area contributed by atoms with Gasteiger partial charge in [0.1, 0.15) is 19.7 Å². The average Bonchev–Trinajstić information content (AvgIpc) is 2.87. The molecule has 0 aromatic heterocycles. The molecule has 0 aliphatic carbocycles. The second kappa shape index (κ2) is 104. The lowest BCUT2D eigenvalue weighted by Gasteiger charge is -1.76. The summed E-state index contributed by atoms with van der Waals surface area (Å²) in [5.74, 6) is -1.49. The Kier molecular flexibility index (Phi) is 171. The maximum Gasteiger partial charge on any atom is 0.303 e. The zero-order valence-electron chi connectivity index (χ0n) is 25.0. The molecule has 0 rings (SSSR count). The number of aliphatic hydroxyl groups is 3. The second-order valence-corrected chi connectivity index (χ2v) is 5.03. The largest absolute Gasteiger partial charge is 0.481 e. The van der Waals surface area contributed by atoms with Gasteiger partial charge < -0.3 is 49.3 Å². The van der Waals surface area contributed by atoms with E-state index >= 15 is 0 Å². The molecule has 0 fully saturated rings. The lowest BCUT2D eigenvalue weighted by Crippen LogP contribution is -1.86. The molecule has 0 saturated heterocycles. The van der Waals surface area contributed by atoms with E-state index in [-0.39, 0.29) is 39.5 Å². The van der Waals surface area contributed by atoms with Gasteiger partial charge in [-0.05, 0) is 27.7 Å². The van der Waals surface area contributed by atoms with Gasteiger partial charge in [-0.15, -0.1) is 0 Å². The Morgan fingerprint density at radius 2 is 0.778 bits per heavy atom. The first-order valence-electron chi connectivity index (χ1n) is 11.6. The van der Waals surface area contributed by atoms with Gasteiger partial charge in [0, 0.05) is 67.7 Å². The molecule has 0 bridgehead atoms. The van der Waals surface area contributed by atoms with E-state index in [1.54, 1.807) is 41.9 Å². The van der Waals surface area contributed by atoms with Gasteiger partial charge in [0.2, 0.25) is 0 Å². The number of ether oxygens (including phenoxy) is 4. The molecule has 0 amide bonds. The second-order valence-electron chi connectivity index (χ2n) is 5.03. The van der Waals surface area contributed by atoms with Crippen LogP contribution in [-0.2, 0) is 33.3 Å². The first-order valence-corrected chi connectivity index (χ1v) is 11.6. The van der Waals surface area contributed by atoms with Crippen molar-refractivity contribution in [3.05, 3.63) is 0 Å². The van der Waals surface area contributed by atoms with Crippen molar-refractivity contribution in [2.45, 2.75) is 74.7 Å². The lowest BCUT2D eigenvalue weighted by atomic mass is 10.5. The molecule has 12 nitrogen and oxygen atoms in total. The molecule has 0 heterocycles. The van der Waals surface area contributed by atoms with E-state index in [4.69, 9.17) is 25.5 Å². The highest BCUT2D eigenvalue weighted by molar-refractivity contribution is 5.66. The van der Waals surface area contributed by atoms with Crippen LogP contribution in [0.25, 0.3) is 0 Å². The maximum absolute atomic E-state index is 9.37. The fraction of sp³-hybridized carbons (Fsp3) is 0.875. The third-order valence-corrected chi connectivity index (χ3v) is 1.55. The predicted octanol–water partition coefficient (Wildman–Crippen LogP) is 3.10. The van der Waals surface area contributed by atoms with E-state index in [0.717, 1.165) is 13.2 Å². The Hall–Kier alpha value is -1.67. The molecule has 12 heteroatoms. The summed E-state index contributed by atoms with van der Waals surface area (Å²) in [5, 5.41) is 38.2. The van der Waals surface area contributed by atoms with Gasteiger partial charge in [-0.3, -0.25) is 9.59 Å². The number of rotatable bonds is 7. The van der Waals surface area contributed by atoms with E-state index in [2.05, 4.69) is 32.8 Å². The maximum atomic E-state index is 9.37. The predicted molar refractivity (Wildman–Crippen MR) is 144 cm³/mol. The summed E-state index contributed by atoms with van der Waals surface area (Å²) >= 11 is 0. The van der Waals surface area contributed by atoms with E-state index in [0.29, 0.717) is 6.29 Å². The number of carbonyl (C=O) groups is 3. The number of methoxy groups -OCH3 is 4. The summed E-state index contributed by atoms with van der Waals surface area (Å²) in [6.07, 6.45) is 2.40. The van der Waals surface area contributed by atoms with Crippen molar-refractivity contribution >= 4 is 18.2 Å². The minimum atomic E-state index is -0.745. The molecule has 0 aliphatic rings. The van der Waals surface area contributed by atoms with Crippen LogP contribution in [0.5, 0.6) is 0 Å². The number of hydrogen-bond acceptors (Lipinski definition) is 10. The van der Waals surface area contributed by atoms with Crippen molar-refractivity contribution in [3.8, 4) is 0 Å². The van der Waals surface area contributed by atoms with E-state index < -0.39 is 11.9 Å². The van der Waals surface area contributed by atoms with E-state index in [1.807, 2.05) is 13.8 Å². The van der Waals surface area contributed by atoms with Crippen molar-refractivity contribution in [2.24, 2.45) is 0 Å². The van der Waals surface area contributed by atoms with Gasteiger partial charge in [0.25, 0.3) is 0 Å². The highest BCUT2D eigenvalue weighted by Crippen LogP contribution is 1.67. The van der Waals surface area contributed by atoms with Crippen molar-refractivity contribution < 1.29 is 58.9 Å². The zero-order chi connectivity index (χ0) is 31.1. The third-order valence-electron chi connectivity index (χ3n) is 1.55. The summed E-state index contributed by atoms with van der Waals surface area (Å²) in [4.78, 5) is 28.0. The number of aliphatic hydroxyl groups excluding tert-OH is 3. The zero-order valence-corrected chi connectivity index (χ0v) is 25.0. The standard InChI is InChI=1S/3C3H6O2.2C3H8O.C3H8.C2H6O2.2C2H6O/c1-5-3-2-4;2*1-2-3(4)5;2*1-3-4-2;1-3-2;1-4-2-3;2*1-2-3/h2H,3H2,1H3;2*2H2,1H3,(H,4,5);2*3H2,1-2H3;3H2,1-2H3;3H,2H2,1H3;2*3H,2H2,1H3. The quantitative estimate of drug-likeness (QED) is 0.235. The summed E-state index contributed by atoms with van der Waals surface area (Å²) in [7, 11) is 6.27. The Morgan fingerprint density at radius 1 is 0.611 bits per heavy atom. The van der Waals surface area contributed by atoms with Crippen LogP contribution in [0.2, 0.25) is 0 Å². The number of aliphatic carboxylic acids is 2. The smallest absolute Gasteiger partial charge is 0.303 e. The van der Waals surface area contributed by atoms with Crippen LogP contribution >= 0.6 is 0 Å². The van der Waals surface area contributed by atoms with E-state index in [9.17, 15) is 14.4 Å². The fourth-order valence-corrected chi connectivity index (χ4v) is 0.0680. The van der Waals surface area contributed by atoms with Crippen molar-refractivity contribution in [1.29, 1.82) is 0 Å². The topological polar surface area (TPSA) is 189 Å². The Labute approximate surface area is 220 Å². The van der Waals surface area contributed by atoms with Crippen LogP contribution < -0.4 is 0 Å². The molecule has 5 N–H and O–H groups in total. The van der Waals surface area contributed by atoms with Gasteiger partial charge in [-0.1, -0.05) is 34.1 Å². The third kappa shape index (κ3) is 591. The number of hydrogen-bond donors (Lipinski definition) is 5. The highest BCUT2D eigenvalue weighted by Gasteiger charge is 1.81. The summed E-state index contributed by atoms with van der Waals surface area (Å²) in [6.45, 7) is 16.9. The molecule has 0 atom stereocenters. The number of carboxylic acid groups (broad SMARTS) is 2. The number of carbonyl (C=O) groups excluding carboxylic acids is 1. The molecule has 228 valence electrons. The minimum Gasteiger partial charge on any atom is -0.481 e. The summed E-state index contributed by atoms with van der Waals surface area (Å²) in [6, 6.07) is 0. The molecular weight excluding hydrogens is 480 g/mol. The molecule has 0 spiro atoms. The summed E-state index contributed by atoms with van der Waals surface area (Å²) < 4.78 is 17.5. The molecular formula is C24H60O12. The average molecular weight is 541 g/mol. The first-order chi connectivity index (χ1) is 16.9. The molecule has 0 unspecified atom stereocenters. The fourth-order valence-electron chi connectivity index (χ4n) is 0.0680. The highest BCUT2D eigenvalue weighted by atomic mass is 16.6. The molecule has 0 aromatic carbocycles. The monoisotopic (exact) mass is 540 g/mol. The molecule has 0 aromatic rings. The van der Waals surface area contributed by atoms with Crippen LogP contribution in [0, 0.1) is 0 Å². The van der Waals surface area contributed by atoms with Crippen LogP contribution in [0.15, 0.2) is 0 Å². The Morgan fingerprint density at radius 3 is 0.778 bits per heavy atom. The Balaban J connectivity index is -0.0000000328. The van der Waals surface area contributed by atoms with Gasteiger partial charge in [-0.2, -0.15) is 0 Å². The molecule has 0 saturated carbocycles. The van der Waals surface area contributed by atoms with Gasteiger partial charge in [0.05, 0.1) is 0 Å². The first kappa shape index (κ1) is 59.4. The van der Waals surface area contributed by atoms with Crippen LogP contribution in [0.3, 0.4) is 0 Å². The van der Waals surface area contributed by atoms with E-state index in [1.165, 1.54) is 20.6 Å². The van der Waals surface area contributed by atoms with Crippen molar-refractivity contribution in [1.82, 2.24) is 0 Å². The van der Waals surface area contributed by atoms with Crippen LogP contribution in [0.4, 0.5) is 0 Å². The normalized spacial score (nSPS) is 7.08. The van der Waals surface area contributed by atoms with Crippen LogP contribution in [0.1, 0.15) is 74.7 Å². The van der Waals surface area contributed by atoms with Gasteiger partial charge >= 0.3 is 11.9 Å². The minimum absolute atomic E-state index is 0.181. The molecule has 0 radical (unpaired) electrons. The van der Waals surface area contributed by atoms with Crippen molar-refractivity contribution in [2.75, 3.05) is 68.3 Å². The van der Waals surface area contributed by atoms with Crippen LogP contribution in [-0.4, -0.2) is 112 Å². The summed E-state index contributed by atoms with van der Waals surface area (Å²) in [5.41, 5.74) is 0. The number of carboxylic acids is 2. The van der Waals surface area contributed by atoms with Crippen molar-refractivity contribution in [3.63, 3.8) is 0 Å². The number of aldehydes is 1. The molecule has 36 heavy (non-hydrogen) atoms. The Bertz CT molecular complexity index is 258. The SMILES string of the molecule is CCC.CCC(=O)O.CCC(=O)O.CCO.CCO.CCOC.CCOC.COCC=O.COCO. The lowest BCUT2D eigenvalue weighted by molar-refractivity contribution is -0.137. The van der Waals surface area contributed by atoms with Gasteiger partial charge in [0.15, 0.2) is 0 Å².